The Bertz CT molecular complexity index is 1340. The zero-order chi connectivity index (χ0) is 22.0. The van der Waals surface area contributed by atoms with Crippen molar-refractivity contribution in [3.05, 3.63) is 89.8 Å². The van der Waals surface area contributed by atoms with E-state index in [0.717, 1.165) is 23.2 Å². The number of sulfonamides is 1. The van der Waals surface area contributed by atoms with Gasteiger partial charge in [0.15, 0.2) is 11.6 Å². The second-order valence-corrected chi connectivity index (χ2v) is 8.32. The molecule has 1 aromatic heterocycles. The Morgan fingerprint density at radius 2 is 1.71 bits per heavy atom. The smallest absolute Gasteiger partial charge is 0.261 e. The van der Waals surface area contributed by atoms with E-state index in [1.165, 1.54) is 24.3 Å². The highest BCUT2D eigenvalue weighted by molar-refractivity contribution is 7.92. The van der Waals surface area contributed by atoms with Gasteiger partial charge in [-0.3, -0.25) is 9.52 Å². The van der Waals surface area contributed by atoms with E-state index in [-0.39, 0.29) is 18.1 Å². The SMILES string of the molecule is O=C(NCc1nc2ccccc2[nH]1)c1ccc(NS(=O)(=O)c2ccc(F)c(F)c2)cc1. The number of fused-ring (bicyclic) bond motifs is 1. The molecule has 1 amide bonds. The number of para-hydroxylation sites is 2. The lowest BCUT2D eigenvalue weighted by atomic mass is 10.2. The molecule has 7 nitrogen and oxygen atoms in total. The maximum absolute atomic E-state index is 13.3. The molecule has 0 radical (unpaired) electrons. The molecule has 158 valence electrons. The molecule has 10 heteroatoms. The summed E-state index contributed by atoms with van der Waals surface area (Å²) in [6, 6.07) is 15.5. The minimum absolute atomic E-state index is 0.165. The first-order valence-electron chi connectivity index (χ1n) is 9.11. The third-order valence-corrected chi connectivity index (χ3v) is 5.83. The van der Waals surface area contributed by atoms with Gasteiger partial charge in [-0.2, -0.15) is 0 Å². The van der Waals surface area contributed by atoms with Gasteiger partial charge in [0.1, 0.15) is 5.82 Å². The molecule has 0 fully saturated rings. The Hall–Kier alpha value is -3.79. The van der Waals surface area contributed by atoms with Gasteiger partial charge in [-0.25, -0.2) is 22.2 Å². The maximum Gasteiger partial charge on any atom is 0.261 e. The second-order valence-electron chi connectivity index (χ2n) is 6.64. The van der Waals surface area contributed by atoms with E-state index >= 15 is 0 Å². The number of rotatable bonds is 6. The monoisotopic (exact) mass is 442 g/mol. The highest BCUT2D eigenvalue weighted by Crippen LogP contribution is 2.19. The van der Waals surface area contributed by atoms with Crippen LogP contribution in [0.3, 0.4) is 0 Å². The molecular weight excluding hydrogens is 426 g/mol. The maximum atomic E-state index is 13.3. The van der Waals surface area contributed by atoms with Gasteiger partial charge in [0.05, 0.1) is 22.5 Å². The summed E-state index contributed by atoms with van der Waals surface area (Å²) in [6.45, 7) is 0.192. The Balaban J connectivity index is 1.41. The van der Waals surface area contributed by atoms with Gasteiger partial charge in [0, 0.05) is 11.3 Å². The van der Waals surface area contributed by atoms with Gasteiger partial charge in [-0.1, -0.05) is 12.1 Å². The van der Waals surface area contributed by atoms with E-state index in [2.05, 4.69) is 20.0 Å². The van der Waals surface area contributed by atoms with E-state index < -0.39 is 26.6 Å². The lowest BCUT2D eigenvalue weighted by molar-refractivity contribution is 0.0950. The lowest BCUT2D eigenvalue weighted by Crippen LogP contribution is -2.23. The predicted molar refractivity (Wildman–Crippen MR) is 111 cm³/mol. The van der Waals surface area contributed by atoms with E-state index in [4.69, 9.17) is 0 Å². The molecule has 4 aromatic rings. The molecular formula is C21H16F2N4O3S. The average molecular weight is 442 g/mol. The number of imidazole rings is 1. The fourth-order valence-corrected chi connectivity index (χ4v) is 3.97. The van der Waals surface area contributed by atoms with Crippen LogP contribution < -0.4 is 10.0 Å². The van der Waals surface area contributed by atoms with Crippen molar-refractivity contribution in [3.63, 3.8) is 0 Å². The summed E-state index contributed by atoms with van der Waals surface area (Å²) in [4.78, 5) is 19.4. The number of nitrogens with one attached hydrogen (secondary N) is 3. The number of hydrogen-bond acceptors (Lipinski definition) is 4. The molecule has 4 rings (SSSR count). The van der Waals surface area contributed by atoms with Gasteiger partial charge < -0.3 is 10.3 Å². The minimum Gasteiger partial charge on any atom is -0.345 e. The van der Waals surface area contributed by atoms with Crippen LogP contribution in [0.15, 0.2) is 71.6 Å². The van der Waals surface area contributed by atoms with Crippen LogP contribution in [0.1, 0.15) is 16.2 Å². The molecule has 1 heterocycles. The first-order valence-corrected chi connectivity index (χ1v) is 10.6. The highest BCUT2D eigenvalue weighted by atomic mass is 32.2. The van der Waals surface area contributed by atoms with Gasteiger partial charge in [-0.05, 0) is 54.6 Å². The molecule has 0 bridgehead atoms. The second kappa shape index (κ2) is 8.15. The summed E-state index contributed by atoms with van der Waals surface area (Å²) in [7, 11) is -4.11. The number of aromatic amines is 1. The van der Waals surface area contributed by atoms with Crippen molar-refractivity contribution in [2.24, 2.45) is 0 Å². The molecule has 0 aliphatic rings. The third-order valence-electron chi connectivity index (χ3n) is 4.46. The van der Waals surface area contributed by atoms with Crippen molar-refractivity contribution in [1.82, 2.24) is 15.3 Å². The Labute approximate surface area is 176 Å². The van der Waals surface area contributed by atoms with Crippen LogP contribution in [0.5, 0.6) is 0 Å². The summed E-state index contributed by atoms with van der Waals surface area (Å²) >= 11 is 0. The van der Waals surface area contributed by atoms with Crippen LogP contribution in [-0.4, -0.2) is 24.3 Å². The van der Waals surface area contributed by atoms with Crippen molar-refractivity contribution in [2.45, 2.75) is 11.4 Å². The van der Waals surface area contributed by atoms with Crippen molar-refractivity contribution in [3.8, 4) is 0 Å². The van der Waals surface area contributed by atoms with Crippen LogP contribution in [0.2, 0.25) is 0 Å². The highest BCUT2D eigenvalue weighted by Gasteiger charge is 2.17. The van der Waals surface area contributed by atoms with Crippen molar-refractivity contribution >= 4 is 32.7 Å². The van der Waals surface area contributed by atoms with Gasteiger partial charge in [-0.15, -0.1) is 0 Å². The molecule has 0 atom stereocenters. The number of carbonyl (C=O) groups is 1. The Kier molecular flexibility index (Phi) is 5.38. The van der Waals surface area contributed by atoms with E-state index in [1.54, 1.807) is 0 Å². The Morgan fingerprint density at radius 3 is 2.42 bits per heavy atom. The standard InChI is InChI=1S/C21H16F2N4O3S/c22-16-10-9-15(11-17(16)23)31(29,30)27-14-7-5-13(6-8-14)21(28)24-12-20-25-18-3-1-2-4-19(18)26-20/h1-11,27H,12H2,(H,24,28)(H,25,26). The van der Waals surface area contributed by atoms with Gasteiger partial charge in [0.2, 0.25) is 0 Å². The molecule has 3 aromatic carbocycles. The van der Waals surface area contributed by atoms with Gasteiger partial charge >= 0.3 is 0 Å². The number of nitrogens with zero attached hydrogens (tertiary/aromatic N) is 1. The Morgan fingerprint density at radius 1 is 0.968 bits per heavy atom. The number of amides is 1. The van der Waals surface area contributed by atoms with Gasteiger partial charge in [0.25, 0.3) is 15.9 Å². The first kappa shape index (κ1) is 20.5. The number of benzene rings is 3. The molecule has 0 aliphatic heterocycles. The number of H-pyrrole nitrogens is 1. The van der Waals surface area contributed by atoms with Crippen molar-refractivity contribution < 1.29 is 22.0 Å². The van der Waals surface area contributed by atoms with Crippen molar-refractivity contribution in [1.29, 1.82) is 0 Å². The first-order chi connectivity index (χ1) is 14.8. The zero-order valence-electron chi connectivity index (χ0n) is 15.9. The topological polar surface area (TPSA) is 104 Å². The number of anilines is 1. The largest absolute Gasteiger partial charge is 0.345 e. The number of carbonyl (C=O) groups excluding carboxylic acids is 1. The fraction of sp³-hybridized carbons (Fsp3) is 0.0476. The minimum atomic E-state index is -4.11. The molecule has 31 heavy (non-hydrogen) atoms. The number of hydrogen-bond donors (Lipinski definition) is 3. The summed E-state index contributed by atoms with van der Waals surface area (Å²) in [6.07, 6.45) is 0. The molecule has 0 saturated heterocycles. The van der Waals surface area contributed by atoms with Crippen LogP contribution in [0.25, 0.3) is 11.0 Å². The summed E-state index contributed by atoms with van der Waals surface area (Å²) in [5.41, 5.74) is 2.14. The van der Waals surface area contributed by atoms with Crippen LogP contribution in [-0.2, 0) is 16.6 Å². The fourth-order valence-electron chi connectivity index (χ4n) is 2.90. The van der Waals surface area contributed by atoms with Crippen molar-refractivity contribution in [2.75, 3.05) is 4.72 Å². The quantitative estimate of drug-likeness (QED) is 0.425. The molecule has 0 unspecified atom stereocenters. The number of halogens is 2. The van der Waals surface area contributed by atoms with E-state index in [1.807, 2.05) is 24.3 Å². The molecule has 0 spiro atoms. The predicted octanol–water partition coefficient (Wildman–Crippen LogP) is 3.57. The molecule has 0 aliphatic carbocycles. The zero-order valence-corrected chi connectivity index (χ0v) is 16.7. The molecule has 3 N–H and O–H groups in total. The summed E-state index contributed by atoms with van der Waals surface area (Å²) < 4.78 is 53.3. The van der Waals surface area contributed by atoms with Crippen LogP contribution >= 0.6 is 0 Å². The third kappa shape index (κ3) is 4.53. The number of aromatic nitrogens is 2. The normalized spacial score (nSPS) is 11.4. The average Bonchev–Trinajstić information content (AvgIpc) is 3.17. The van der Waals surface area contributed by atoms with E-state index in [0.29, 0.717) is 17.5 Å². The summed E-state index contributed by atoms with van der Waals surface area (Å²) in [5, 5.41) is 2.73. The lowest BCUT2D eigenvalue weighted by Gasteiger charge is -2.09. The van der Waals surface area contributed by atoms with Crippen LogP contribution in [0, 0.1) is 11.6 Å². The summed E-state index contributed by atoms with van der Waals surface area (Å²) in [5.74, 6) is -2.17. The van der Waals surface area contributed by atoms with Crippen LogP contribution in [0.4, 0.5) is 14.5 Å². The molecule has 0 saturated carbocycles. The van der Waals surface area contributed by atoms with E-state index in [9.17, 15) is 22.0 Å².